The van der Waals surface area contributed by atoms with Gasteiger partial charge in [-0.1, -0.05) is 18.2 Å². The van der Waals surface area contributed by atoms with Crippen molar-refractivity contribution in [1.82, 2.24) is 10.0 Å². The highest BCUT2D eigenvalue weighted by Crippen LogP contribution is 2.15. The Morgan fingerprint density at radius 1 is 1.39 bits per heavy atom. The molecule has 1 aromatic rings. The number of sulfonamides is 1. The largest absolute Gasteiger partial charge is 0.465 e. The second-order valence-electron chi connectivity index (χ2n) is 5.80. The molecular weight excluding hydrogens is 316 g/mol. The van der Waals surface area contributed by atoms with Crippen LogP contribution in [0.5, 0.6) is 0 Å². The highest BCUT2D eigenvalue weighted by molar-refractivity contribution is 7.88. The van der Waals surface area contributed by atoms with E-state index in [4.69, 9.17) is 4.74 Å². The third kappa shape index (κ3) is 5.60. The van der Waals surface area contributed by atoms with Crippen LogP contribution in [-0.2, 0) is 20.5 Å². The molecule has 0 bridgehead atoms. The maximum atomic E-state index is 12.2. The lowest BCUT2D eigenvalue weighted by molar-refractivity contribution is 0.0600. The lowest BCUT2D eigenvalue weighted by Gasteiger charge is -2.22. The van der Waals surface area contributed by atoms with Crippen LogP contribution in [0, 0.1) is 5.92 Å². The van der Waals surface area contributed by atoms with Crippen molar-refractivity contribution in [1.29, 1.82) is 0 Å². The molecule has 6 nitrogen and oxygen atoms in total. The number of hydrogen-bond donors (Lipinski definition) is 2. The number of carbonyl (C=O) groups is 1. The Labute approximate surface area is 137 Å². The zero-order valence-corrected chi connectivity index (χ0v) is 14.2. The van der Waals surface area contributed by atoms with E-state index in [1.54, 1.807) is 24.3 Å². The first-order valence-electron chi connectivity index (χ1n) is 7.86. The van der Waals surface area contributed by atoms with Gasteiger partial charge in [0.25, 0.3) is 0 Å². The molecular formula is C16H24N2O4S. The predicted octanol–water partition coefficient (Wildman–Crippen LogP) is 1.28. The Morgan fingerprint density at radius 3 is 2.87 bits per heavy atom. The number of piperidine rings is 1. The highest BCUT2D eigenvalue weighted by Gasteiger charge is 2.19. The molecule has 1 saturated heterocycles. The van der Waals surface area contributed by atoms with Crippen LogP contribution in [0.2, 0.25) is 0 Å². The molecule has 23 heavy (non-hydrogen) atoms. The van der Waals surface area contributed by atoms with Crippen molar-refractivity contribution in [3.05, 3.63) is 35.4 Å². The molecule has 1 heterocycles. The lowest BCUT2D eigenvalue weighted by atomic mass is 9.96. The van der Waals surface area contributed by atoms with Crippen LogP contribution in [0.15, 0.2) is 24.3 Å². The van der Waals surface area contributed by atoms with Gasteiger partial charge in [0.05, 0.1) is 18.4 Å². The minimum Gasteiger partial charge on any atom is -0.465 e. The molecule has 0 spiro atoms. The monoisotopic (exact) mass is 340 g/mol. The molecule has 7 heteroatoms. The number of ether oxygens (including phenoxy) is 1. The van der Waals surface area contributed by atoms with Crippen molar-refractivity contribution in [3.63, 3.8) is 0 Å². The number of esters is 1. The van der Waals surface area contributed by atoms with Gasteiger partial charge in [-0.15, -0.1) is 0 Å². The number of nitrogens with one attached hydrogen (secondary N) is 2. The Kier molecular flexibility index (Phi) is 6.56. The van der Waals surface area contributed by atoms with Crippen LogP contribution < -0.4 is 10.0 Å². The van der Waals surface area contributed by atoms with Crippen molar-refractivity contribution in [3.8, 4) is 0 Å². The molecule has 2 N–H and O–H groups in total. The Morgan fingerprint density at radius 2 is 2.17 bits per heavy atom. The van der Waals surface area contributed by atoms with E-state index >= 15 is 0 Å². The van der Waals surface area contributed by atoms with E-state index in [1.807, 2.05) is 0 Å². The maximum absolute atomic E-state index is 12.2. The summed E-state index contributed by atoms with van der Waals surface area (Å²) in [6.45, 7) is 2.43. The first kappa shape index (κ1) is 17.9. The fourth-order valence-corrected chi connectivity index (χ4v) is 3.99. The Bertz CT molecular complexity index is 625. The zero-order valence-electron chi connectivity index (χ0n) is 13.4. The molecule has 2 rings (SSSR count). The van der Waals surface area contributed by atoms with Crippen LogP contribution in [0.4, 0.5) is 0 Å². The minimum atomic E-state index is -3.48. The number of carbonyl (C=O) groups excluding carboxylic acids is 1. The summed E-state index contributed by atoms with van der Waals surface area (Å²) in [5.74, 6) is -0.223. The molecule has 1 aliphatic heterocycles. The minimum absolute atomic E-state index is 0.221. The Hall–Kier alpha value is -1.44. The normalized spacial score (nSPS) is 18.6. The summed E-state index contributed by atoms with van der Waals surface area (Å²) in [6, 6.07) is 6.61. The maximum Gasteiger partial charge on any atom is 0.338 e. The van der Waals surface area contributed by atoms with Crippen molar-refractivity contribution < 1.29 is 17.9 Å². The summed E-state index contributed by atoms with van der Waals surface area (Å²) >= 11 is 0. The first-order chi connectivity index (χ1) is 11.0. The van der Waals surface area contributed by atoms with Crippen molar-refractivity contribution >= 4 is 16.0 Å². The van der Waals surface area contributed by atoms with Crippen molar-refractivity contribution in [2.24, 2.45) is 5.92 Å². The average Bonchev–Trinajstić information content (AvgIpc) is 2.55. The van der Waals surface area contributed by atoms with Gasteiger partial charge in [0.2, 0.25) is 10.0 Å². The van der Waals surface area contributed by atoms with Crippen LogP contribution in [-0.4, -0.2) is 41.1 Å². The smallest absolute Gasteiger partial charge is 0.338 e. The van der Waals surface area contributed by atoms with Crippen LogP contribution in [0.25, 0.3) is 0 Å². The van der Waals surface area contributed by atoms with Gasteiger partial charge in [0.15, 0.2) is 0 Å². The molecule has 1 atom stereocenters. The summed E-state index contributed by atoms with van der Waals surface area (Å²) < 4.78 is 31.8. The van der Waals surface area contributed by atoms with E-state index in [2.05, 4.69) is 10.0 Å². The molecule has 0 aromatic heterocycles. The molecule has 0 radical (unpaired) electrons. The van der Waals surface area contributed by atoms with Gasteiger partial charge in [-0.05, 0) is 49.9 Å². The van der Waals surface area contributed by atoms with Gasteiger partial charge < -0.3 is 10.1 Å². The third-order valence-electron chi connectivity index (χ3n) is 4.04. The molecule has 1 fully saturated rings. The number of methoxy groups -OCH3 is 1. The van der Waals surface area contributed by atoms with E-state index in [9.17, 15) is 13.2 Å². The quantitative estimate of drug-likeness (QED) is 0.731. The van der Waals surface area contributed by atoms with E-state index in [-0.39, 0.29) is 11.3 Å². The number of rotatable bonds is 7. The molecule has 0 aliphatic carbocycles. The van der Waals surface area contributed by atoms with Crippen LogP contribution >= 0.6 is 0 Å². The van der Waals surface area contributed by atoms with E-state index in [1.165, 1.54) is 7.11 Å². The van der Waals surface area contributed by atoms with Gasteiger partial charge in [-0.2, -0.15) is 0 Å². The van der Waals surface area contributed by atoms with Gasteiger partial charge >= 0.3 is 5.97 Å². The summed E-state index contributed by atoms with van der Waals surface area (Å²) in [4.78, 5) is 11.7. The third-order valence-corrected chi connectivity index (χ3v) is 5.38. The summed E-state index contributed by atoms with van der Waals surface area (Å²) in [5.41, 5.74) is 0.739. The summed E-state index contributed by atoms with van der Waals surface area (Å²) in [6.07, 6.45) is 3.11. The zero-order chi connectivity index (χ0) is 16.7. The van der Waals surface area contributed by atoms with Crippen LogP contribution in [0.1, 0.15) is 35.2 Å². The highest BCUT2D eigenvalue weighted by atomic mass is 32.2. The number of benzene rings is 1. The van der Waals surface area contributed by atoms with E-state index in [0.717, 1.165) is 32.4 Å². The summed E-state index contributed by atoms with van der Waals surface area (Å²) in [5, 5.41) is 3.32. The second-order valence-corrected chi connectivity index (χ2v) is 7.61. The van der Waals surface area contributed by atoms with Gasteiger partial charge in [-0.25, -0.2) is 17.9 Å². The Balaban J connectivity index is 1.92. The fourth-order valence-electron chi connectivity index (χ4n) is 2.80. The van der Waals surface area contributed by atoms with Gasteiger partial charge in [0.1, 0.15) is 0 Å². The molecule has 1 unspecified atom stereocenters. The van der Waals surface area contributed by atoms with E-state index < -0.39 is 16.0 Å². The lowest BCUT2D eigenvalue weighted by Crippen LogP contribution is -2.33. The van der Waals surface area contributed by atoms with Gasteiger partial charge in [-0.3, -0.25) is 0 Å². The molecule has 1 aromatic carbocycles. The molecule has 1 aliphatic rings. The van der Waals surface area contributed by atoms with Crippen molar-refractivity contribution in [2.75, 3.05) is 26.7 Å². The number of hydrogen-bond acceptors (Lipinski definition) is 5. The standard InChI is InChI=1S/C16H24N2O4S/c1-22-16(19)15-7-3-2-6-14(15)12-23(20,21)18-10-8-13-5-4-9-17-11-13/h2-3,6-7,13,17-18H,4-5,8-12H2,1H3. The first-order valence-corrected chi connectivity index (χ1v) is 9.51. The second kappa shape index (κ2) is 8.42. The summed E-state index contributed by atoms with van der Waals surface area (Å²) in [7, 11) is -2.20. The molecule has 0 amide bonds. The SMILES string of the molecule is COC(=O)c1ccccc1CS(=O)(=O)NCCC1CCCNC1. The van der Waals surface area contributed by atoms with Crippen LogP contribution in [0.3, 0.4) is 0 Å². The topological polar surface area (TPSA) is 84.5 Å². The van der Waals surface area contributed by atoms with Gasteiger partial charge in [0, 0.05) is 6.54 Å². The molecule has 0 saturated carbocycles. The van der Waals surface area contributed by atoms with E-state index in [0.29, 0.717) is 18.0 Å². The van der Waals surface area contributed by atoms with Crippen molar-refractivity contribution in [2.45, 2.75) is 25.0 Å². The predicted molar refractivity (Wildman–Crippen MR) is 88.6 cm³/mol. The average molecular weight is 340 g/mol. The fraction of sp³-hybridized carbons (Fsp3) is 0.562. The molecule has 128 valence electrons.